The number of benzene rings is 9. The third-order valence-corrected chi connectivity index (χ3v) is 11.4. The van der Waals surface area contributed by atoms with Crippen LogP contribution in [0.5, 0.6) is 11.5 Å². The molecule has 4 nitrogen and oxygen atoms in total. The molecule has 0 saturated heterocycles. The number of ether oxygens (including phenoxy) is 1. The van der Waals surface area contributed by atoms with Crippen molar-refractivity contribution in [3.05, 3.63) is 194 Å². The highest BCUT2D eigenvalue weighted by molar-refractivity contribution is 6.18. The van der Waals surface area contributed by atoms with Crippen molar-refractivity contribution in [2.75, 3.05) is 4.90 Å². The van der Waals surface area contributed by atoms with Crippen LogP contribution in [0.3, 0.4) is 0 Å². The van der Waals surface area contributed by atoms with E-state index in [0.29, 0.717) is 0 Å². The van der Waals surface area contributed by atoms with E-state index in [1.165, 1.54) is 38.2 Å². The van der Waals surface area contributed by atoms with Gasteiger partial charge in [0.15, 0.2) is 11.5 Å². The highest BCUT2D eigenvalue weighted by Gasteiger charge is 2.25. The molecule has 12 rings (SSSR count). The number of fused-ring (bicyclic) bond motifs is 9. The van der Waals surface area contributed by atoms with Gasteiger partial charge < -0.3 is 18.6 Å². The van der Waals surface area contributed by atoms with E-state index in [4.69, 9.17) is 9.15 Å². The van der Waals surface area contributed by atoms with Crippen molar-refractivity contribution in [2.45, 2.75) is 0 Å². The minimum atomic E-state index is 0.864. The van der Waals surface area contributed by atoms with Gasteiger partial charge in [-0.2, -0.15) is 0 Å². The molecule has 2 aromatic heterocycles. The molecule has 56 heavy (non-hydrogen) atoms. The molecule has 9 aromatic carbocycles. The average Bonchev–Trinajstić information content (AvgIpc) is 3.81. The fourth-order valence-electron chi connectivity index (χ4n) is 8.86. The van der Waals surface area contributed by atoms with E-state index >= 15 is 0 Å². The van der Waals surface area contributed by atoms with E-state index in [1.807, 2.05) is 24.3 Å². The zero-order valence-electron chi connectivity index (χ0n) is 30.2. The third kappa shape index (κ3) is 4.60. The quantitative estimate of drug-likeness (QED) is 0.178. The maximum atomic E-state index is 6.41. The van der Waals surface area contributed by atoms with Gasteiger partial charge in [0.1, 0.15) is 11.2 Å². The van der Waals surface area contributed by atoms with E-state index in [2.05, 4.69) is 179 Å². The number of nitrogens with zero attached hydrogens (tertiary/aromatic N) is 2. The normalized spacial score (nSPS) is 12.1. The van der Waals surface area contributed by atoms with Gasteiger partial charge in [0.25, 0.3) is 0 Å². The van der Waals surface area contributed by atoms with Crippen LogP contribution in [0.25, 0.3) is 82.5 Å². The van der Waals surface area contributed by atoms with Crippen LogP contribution >= 0.6 is 0 Å². The molecule has 0 atom stereocenters. The number of rotatable bonds is 5. The highest BCUT2D eigenvalue weighted by atomic mass is 16.5. The predicted octanol–water partition coefficient (Wildman–Crippen LogP) is 14.7. The van der Waals surface area contributed by atoms with Crippen LogP contribution in [-0.4, -0.2) is 4.57 Å². The molecular formula is C52H32N2O2. The molecular weight excluding hydrogens is 685 g/mol. The van der Waals surface area contributed by atoms with Crippen molar-refractivity contribution < 1.29 is 9.15 Å². The van der Waals surface area contributed by atoms with Crippen LogP contribution in [0.2, 0.25) is 0 Å². The molecule has 0 N–H and O–H groups in total. The molecule has 3 heterocycles. The second-order valence-corrected chi connectivity index (χ2v) is 14.5. The summed E-state index contributed by atoms with van der Waals surface area (Å²) in [5.41, 5.74) is 13.0. The highest BCUT2D eigenvalue weighted by Crippen LogP contribution is 2.48. The van der Waals surface area contributed by atoms with Crippen LogP contribution in [0.15, 0.2) is 199 Å². The van der Waals surface area contributed by atoms with E-state index < -0.39 is 0 Å². The smallest absolute Gasteiger partial charge is 0.152 e. The summed E-state index contributed by atoms with van der Waals surface area (Å²) >= 11 is 0. The van der Waals surface area contributed by atoms with Gasteiger partial charge in [0.05, 0.1) is 16.7 Å². The van der Waals surface area contributed by atoms with Gasteiger partial charge in [-0.25, -0.2) is 0 Å². The first kappa shape index (κ1) is 30.9. The SMILES string of the molecule is c1ccc2c(c1)Oc1cccc3c4c(-c5ccc(N(c6ccc(-c7cccc8ccccc78)cc6)c6ccc7c(c6)oc6ccccc67)cc5)cccc4n-2c13. The number of hydrogen-bond donors (Lipinski definition) is 0. The monoisotopic (exact) mass is 716 g/mol. The Morgan fingerprint density at radius 2 is 1.02 bits per heavy atom. The summed E-state index contributed by atoms with van der Waals surface area (Å²) in [6, 6.07) is 69.0. The lowest BCUT2D eigenvalue weighted by molar-refractivity contribution is 0.476. The molecule has 11 aromatic rings. The van der Waals surface area contributed by atoms with Gasteiger partial charge in [-0.1, -0.05) is 121 Å². The predicted molar refractivity (Wildman–Crippen MR) is 231 cm³/mol. The van der Waals surface area contributed by atoms with E-state index in [9.17, 15) is 0 Å². The maximum Gasteiger partial charge on any atom is 0.152 e. The Kier molecular flexibility index (Phi) is 6.60. The van der Waals surface area contributed by atoms with Crippen LogP contribution in [-0.2, 0) is 0 Å². The molecule has 0 unspecified atom stereocenters. The molecule has 262 valence electrons. The Bertz CT molecular complexity index is 3330. The standard InChI is InChI=1S/C52H32N2O2/c1-2-12-39-33(10-1)11-7-14-40(39)34-22-26-36(27-23-34)53(38-30-31-43-42-13-3-5-19-47(42)55-50(43)32-38)37-28-24-35(25-29-37)41-15-8-18-46-51(41)44-16-9-21-49-52(44)54(46)45-17-4-6-20-48(45)56-49/h1-32H. The Morgan fingerprint density at radius 3 is 1.88 bits per heavy atom. The van der Waals surface area contributed by atoms with Gasteiger partial charge in [0, 0.05) is 44.7 Å². The van der Waals surface area contributed by atoms with E-state index in [-0.39, 0.29) is 0 Å². The second kappa shape index (κ2) is 12.0. The number of furan rings is 1. The van der Waals surface area contributed by atoms with Crippen LogP contribution in [0.1, 0.15) is 0 Å². The van der Waals surface area contributed by atoms with Gasteiger partial charge in [-0.3, -0.25) is 0 Å². The van der Waals surface area contributed by atoms with Crippen molar-refractivity contribution in [3.8, 4) is 39.4 Å². The van der Waals surface area contributed by atoms with Crippen molar-refractivity contribution in [3.63, 3.8) is 0 Å². The number of anilines is 3. The fraction of sp³-hybridized carbons (Fsp3) is 0. The summed E-state index contributed by atoms with van der Waals surface area (Å²) in [6.45, 7) is 0. The summed E-state index contributed by atoms with van der Waals surface area (Å²) in [4.78, 5) is 2.32. The first-order valence-corrected chi connectivity index (χ1v) is 19.0. The summed E-state index contributed by atoms with van der Waals surface area (Å²) in [5, 5.41) is 7.11. The topological polar surface area (TPSA) is 30.5 Å². The third-order valence-electron chi connectivity index (χ3n) is 11.4. The zero-order chi connectivity index (χ0) is 36.7. The van der Waals surface area contributed by atoms with Crippen LogP contribution < -0.4 is 9.64 Å². The van der Waals surface area contributed by atoms with Crippen molar-refractivity contribution >= 4 is 71.6 Å². The number of para-hydroxylation sites is 4. The average molecular weight is 717 g/mol. The molecule has 0 aliphatic carbocycles. The fourth-order valence-corrected chi connectivity index (χ4v) is 8.86. The second-order valence-electron chi connectivity index (χ2n) is 14.5. The van der Waals surface area contributed by atoms with E-state index in [1.54, 1.807) is 0 Å². The lowest BCUT2D eigenvalue weighted by Gasteiger charge is -2.26. The Labute approximate surface area is 322 Å². The molecule has 0 radical (unpaired) electrons. The minimum absolute atomic E-state index is 0.864. The molecule has 0 fully saturated rings. The first-order valence-electron chi connectivity index (χ1n) is 19.0. The summed E-state index contributed by atoms with van der Waals surface area (Å²) in [7, 11) is 0. The zero-order valence-corrected chi connectivity index (χ0v) is 30.2. The van der Waals surface area contributed by atoms with Crippen molar-refractivity contribution in [1.29, 1.82) is 0 Å². The first-order chi connectivity index (χ1) is 27.8. The molecule has 1 aliphatic heterocycles. The van der Waals surface area contributed by atoms with Crippen LogP contribution in [0, 0.1) is 0 Å². The largest absolute Gasteiger partial charge is 0.456 e. The van der Waals surface area contributed by atoms with E-state index in [0.717, 1.165) is 72.8 Å². The minimum Gasteiger partial charge on any atom is -0.456 e. The molecule has 1 aliphatic rings. The Hall–Kier alpha value is -7.56. The molecule has 0 bridgehead atoms. The molecule has 0 spiro atoms. The summed E-state index contributed by atoms with van der Waals surface area (Å²) in [6.07, 6.45) is 0. The lowest BCUT2D eigenvalue weighted by Crippen LogP contribution is -2.09. The molecule has 0 saturated carbocycles. The van der Waals surface area contributed by atoms with Crippen molar-refractivity contribution in [2.24, 2.45) is 0 Å². The Balaban J connectivity index is 0.999. The maximum absolute atomic E-state index is 6.41. The van der Waals surface area contributed by atoms with Gasteiger partial charge in [-0.15, -0.1) is 0 Å². The Morgan fingerprint density at radius 1 is 0.411 bits per heavy atom. The van der Waals surface area contributed by atoms with Gasteiger partial charge in [0.2, 0.25) is 0 Å². The molecule has 4 heteroatoms. The number of aromatic nitrogens is 1. The molecule has 0 amide bonds. The lowest BCUT2D eigenvalue weighted by atomic mass is 9.97. The van der Waals surface area contributed by atoms with Gasteiger partial charge >= 0.3 is 0 Å². The number of hydrogen-bond acceptors (Lipinski definition) is 3. The summed E-state index contributed by atoms with van der Waals surface area (Å²) in [5.74, 6) is 1.74. The summed E-state index contributed by atoms with van der Waals surface area (Å²) < 4.78 is 15.2. The van der Waals surface area contributed by atoms with Crippen LogP contribution in [0.4, 0.5) is 17.1 Å². The van der Waals surface area contributed by atoms with Gasteiger partial charge in [-0.05, 0) is 99.8 Å². The van der Waals surface area contributed by atoms with Crippen molar-refractivity contribution in [1.82, 2.24) is 4.57 Å².